The average Bonchev–Trinajstić information content (AvgIpc) is 2.89. The average molecular weight is 261 g/mol. The first-order valence-electron chi connectivity index (χ1n) is 5.52. The number of fused-ring (bicyclic) bond motifs is 1. The molecule has 0 fully saturated rings. The zero-order valence-corrected chi connectivity index (χ0v) is 9.88. The second-order valence-electron chi connectivity index (χ2n) is 4.09. The highest BCUT2D eigenvalue weighted by atomic mass is 19.1. The van der Waals surface area contributed by atoms with Crippen molar-refractivity contribution in [1.29, 1.82) is 0 Å². The van der Waals surface area contributed by atoms with E-state index in [0.29, 0.717) is 5.82 Å². The summed E-state index contributed by atoms with van der Waals surface area (Å²) in [5.41, 5.74) is 0.0228. The smallest absolute Gasteiger partial charge is 0.300 e. The molecule has 2 heterocycles. The summed E-state index contributed by atoms with van der Waals surface area (Å²) < 4.78 is 18.7. The van der Waals surface area contributed by atoms with Crippen LogP contribution in [0.4, 0.5) is 10.1 Å². The van der Waals surface area contributed by atoms with Crippen molar-refractivity contribution in [2.45, 2.75) is 13.5 Å². The quantitative estimate of drug-likeness (QED) is 0.760. The summed E-state index contributed by atoms with van der Waals surface area (Å²) in [5.74, 6) is -1.61. The van der Waals surface area contributed by atoms with Crippen molar-refractivity contribution in [3.05, 3.63) is 41.3 Å². The zero-order valence-electron chi connectivity index (χ0n) is 9.88. The Kier molecular flexibility index (Phi) is 2.41. The van der Waals surface area contributed by atoms with Gasteiger partial charge in [0.25, 0.3) is 11.7 Å². The predicted molar refractivity (Wildman–Crippen MR) is 61.0 cm³/mol. The van der Waals surface area contributed by atoms with E-state index in [4.69, 9.17) is 4.52 Å². The largest absolute Gasteiger partial charge is 0.337 e. The van der Waals surface area contributed by atoms with Crippen LogP contribution in [-0.4, -0.2) is 21.8 Å². The molecule has 0 aliphatic carbocycles. The predicted octanol–water partition coefficient (Wildman–Crippen LogP) is 1.25. The molecule has 0 radical (unpaired) electrons. The van der Waals surface area contributed by atoms with Crippen molar-refractivity contribution in [3.63, 3.8) is 0 Å². The van der Waals surface area contributed by atoms with Crippen molar-refractivity contribution in [1.82, 2.24) is 10.1 Å². The summed E-state index contributed by atoms with van der Waals surface area (Å²) in [6, 6.07) is 3.99. The fourth-order valence-corrected chi connectivity index (χ4v) is 2.00. The molecule has 0 saturated heterocycles. The van der Waals surface area contributed by atoms with E-state index >= 15 is 0 Å². The van der Waals surface area contributed by atoms with E-state index in [1.807, 2.05) is 0 Å². The van der Waals surface area contributed by atoms with Crippen LogP contribution in [-0.2, 0) is 11.3 Å². The lowest BCUT2D eigenvalue weighted by molar-refractivity contribution is -0.114. The Morgan fingerprint density at radius 2 is 2.16 bits per heavy atom. The van der Waals surface area contributed by atoms with Gasteiger partial charge in [-0.15, -0.1) is 0 Å². The molecular formula is C12H8FN3O3. The first kappa shape index (κ1) is 11.5. The second-order valence-corrected chi connectivity index (χ2v) is 4.09. The van der Waals surface area contributed by atoms with Crippen LogP contribution in [0.3, 0.4) is 0 Å². The number of hydrogen-bond donors (Lipinski definition) is 0. The Balaban J connectivity index is 2.04. The minimum atomic E-state index is -0.795. The van der Waals surface area contributed by atoms with Crippen LogP contribution in [0.5, 0.6) is 0 Å². The van der Waals surface area contributed by atoms with Gasteiger partial charge in [-0.3, -0.25) is 14.5 Å². The molecule has 1 amide bonds. The van der Waals surface area contributed by atoms with Crippen LogP contribution in [0, 0.1) is 12.7 Å². The van der Waals surface area contributed by atoms with Gasteiger partial charge in [-0.2, -0.15) is 4.98 Å². The van der Waals surface area contributed by atoms with E-state index in [2.05, 4.69) is 10.1 Å². The SMILES string of the molecule is Cc1noc(CN2C(=O)C(=O)c3cccc(F)c32)n1. The number of aryl methyl sites for hydroxylation is 1. The molecule has 96 valence electrons. The summed E-state index contributed by atoms with van der Waals surface area (Å²) >= 11 is 0. The molecule has 7 heteroatoms. The topological polar surface area (TPSA) is 76.3 Å². The van der Waals surface area contributed by atoms with E-state index in [0.717, 1.165) is 4.90 Å². The number of ketones is 1. The number of carbonyl (C=O) groups excluding carboxylic acids is 2. The highest BCUT2D eigenvalue weighted by molar-refractivity contribution is 6.52. The van der Waals surface area contributed by atoms with Crippen LogP contribution in [0.25, 0.3) is 0 Å². The van der Waals surface area contributed by atoms with E-state index in [9.17, 15) is 14.0 Å². The number of halogens is 1. The molecule has 0 saturated carbocycles. The van der Waals surface area contributed by atoms with Crippen LogP contribution < -0.4 is 4.90 Å². The molecule has 3 rings (SSSR count). The van der Waals surface area contributed by atoms with Gasteiger partial charge in [-0.05, 0) is 19.1 Å². The monoisotopic (exact) mass is 261 g/mol. The molecule has 0 N–H and O–H groups in total. The van der Waals surface area contributed by atoms with Gasteiger partial charge in [0.1, 0.15) is 12.4 Å². The Bertz CT molecular complexity index is 695. The van der Waals surface area contributed by atoms with E-state index in [1.54, 1.807) is 6.92 Å². The lowest BCUT2D eigenvalue weighted by Crippen LogP contribution is -2.29. The third kappa shape index (κ3) is 1.70. The number of hydrogen-bond acceptors (Lipinski definition) is 5. The Morgan fingerprint density at radius 3 is 2.84 bits per heavy atom. The van der Waals surface area contributed by atoms with Gasteiger partial charge in [0.2, 0.25) is 5.89 Å². The molecule has 19 heavy (non-hydrogen) atoms. The number of rotatable bonds is 2. The van der Waals surface area contributed by atoms with Crippen molar-refractivity contribution in [3.8, 4) is 0 Å². The highest BCUT2D eigenvalue weighted by Crippen LogP contribution is 2.32. The summed E-state index contributed by atoms with van der Waals surface area (Å²) in [6.07, 6.45) is 0. The van der Waals surface area contributed by atoms with Gasteiger partial charge in [-0.25, -0.2) is 4.39 Å². The highest BCUT2D eigenvalue weighted by Gasteiger charge is 2.38. The number of amides is 1. The maximum atomic E-state index is 13.8. The molecule has 1 aliphatic heterocycles. The van der Waals surface area contributed by atoms with Crippen LogP contribution in [0.15, 0.2) is 22.7 Å². The summed E-state index contributed by atoms with van der Waals surface area (Å²) in [7, 11) is 0. The summed E-state index contributed by atoms with van der Waals surface area (Å²) in [5, 5.41) is 3.58. The third-order valence-corrected chi connectivity index (χ3v) is 2.80. The standard InChI is InChI=1S/C12H8FN3O3/c1-6-14-9(19-15-6)5-16-10-7(11(17)12(16)18)3-2-4-8(10)13/h2-4H,5H2,1H3. The van der Waals surface area contributed by atoms with Gasteiger partial charge < -0.3 is 4.52 Å². The number of carbonyl (C=O) groups is 2. The number of aromatic nitrogens is 2. The Labute approximate surface area is 106 Å². The zero-order chi connectivity index (χ0) is 13.6. The van der Waals surface area contributed by atoms with Gasteiger partial charge in [0, 0.05) is 0 Å². The van der Waals surface area contributed by atoms with Crippen molar-refractivity contribution in [2.75, 3.05) is 4.90 Å². The fraction of sp³-hybridized carbons (Fsp3) is 0.167. The Morgan fingerprint density at radius 1 is 1.37 bits per heavy atom. The third-order valence-electron chi connectivity index (χ3n) is 2.80. The minimum Gasteiger partial charge on any atom is -0.337 e. The molecule has 2 aromatic rings. The first-order valence-corrected chi connectivity index (χ1v) is 5.52. The van der Waals surface area contributed by atoms with Crippen molar-refractivity contribution in [2.24, 2.45) is 0 Å². The Hall–Kier alpha value is -2.57. The number of nitrogens with zero attached hydrogens (tertiary/aromatic N) is 3. The molecule has 0 bridgehead atoms. The lowest BCUT2D eigenvalue weighted by Gasteiger charge is -2.14. The number of Topliss-reactive ketones (excluding diaryl/α,β-unsaturated/α-hetero) is 1. The summed E-state index contributed by atoms with van der Waals surface area (Å²) in [6.45, 7) is 1.50. The number of para-hydroxylation sites is 1. The summed E-state index contributed by atoms with van der Waals surface area (Å²) in [4.78, 5) is 28.5. The van der Waals surface area contributed by atoms with Crippen molar-refractivity contribution < 1.29 is 18.5 Å². The van der Waals surface area contributed by atoms with E-state index in [1.165, 1.54) is 18.2 Å². The number of anilines is 1. The maximum absolute atomic E-state index is 13.8. The normalized spacial score (nSPS) is 14.1. The van der Waals surface area contributed by atoms with Crippen LogP contribution in [0.1, 0.15) is 22.1 Å². The van der Waals surface area contributed by atoms with Gasteiger partial charge >= 0.3 is 0 Å². The van der Waals surface area contributed by atoms with E-state index in [-0.39, 0.29) is 23.7 Å². The molecule has 1 aromatic heterocycles. The van der Waals surface area contributed by atoms with Gasteiger partial charge in [0.05, 0.1) is 11.3 Å². The van der Waals surface area contributed by atoms with Crippen LogP contribution in [0.2, 0.25) is 0 Å². The van der Waals surface area contributed by atoms with Crippen LogP contribution >= 0.6 is 0 Å². The van der Waals surface area contributed by atoms with Gasteiger partial charge in [0.15, 0.2) is 5.82 Å². The molecule has 0 spiro atoms. The fourth-order valence-electron chi connectivity index (χ4n) is 2.00. The van der Waals surface area contributed by atoms with Gasteiger partial charge in [-0.1, -0.05) is 11.2 Å². The maximum Gasteiger partial charge on any atom is 0.300 e. The molecule has 0 atom stereocenters. The van der Waals surface area contributed by atoms with E-state index < -0.39 is 17.5 Å². The molecule has 0 unspecified atom stereocenters. The first-order chi connectivity index (χ1) is 9.08. The number of benzene rings is 1. The molecular weight excluding hydrogens is 253 g/mol. The second kappa shape index (κ2) is 3.98. The molecule has 6 nitrogen and oxygen atoms in total. The minimum absolute atomic E-state index is 0.0339. The molecule has 1 aliphatic rings. The lowest BCUT2D eigenvalue weighted by atomic mass is 10.1. The van der Waals surface area contributed by atoms with Crippen molar-refractivity contribution >= 4 is 17.4 Å². The molecule has 1 aromatic carbocycles.